The maximum atomic E-state index is 4.32. The normalized spacial score (nSPS) is 10.7. The molecule has 13 heavy (non-hydrogen) atoms. The molecule has 0 amide bonds. The summed E-state index contributed by atoms with van der Waals surface area (Å²) >= 11 is 3.41. The fourth-order valence-corrected chi connectivity index (χ4v) is 1.92. The predicted octanol–water partition coefficient (Wildman–Crippen LogP) is 2.45. The van der Waals surface area contributed by atoms with Crippen LogP contribution in [0.5, 0.6) is 0 Å². The van der Waals surface area contributed by atoms with Gasteiger partial charge in [0, 0.05) is 13.2 Å². The van der Waals surface area contributed by atoms with E-state index in [0.29, 0.717) is 0 Å². The van der Waals surface area contributed by atoms with E-state index in [2.05, 4.69) is 30.6 Å². The highest BCUT2D eigenvalue weighted by molar-refractivity contribution is 9.10. The Morgan fingerprint density at radius 2 is 2.23 bits per heavy atom. The third kappa shape index (κ3) is 1.31. The molecule has 0 aliphatic heterocycles. The standard InChI is InChI=1S/C9H10BrN3/c1-6-12-9(10)8-4-3-7(11-2)5-13(6)8/h3-5,11H,1-2H3. The Balaban J connectivity index is 2.76. The van der Waals surface area contributed by atoms with Crippen molar-refractivity contribution < 1.29 is 0 Å². The zero-order chi connectivity index (χ0) is 9.42. The fourth-order valence-electron chi connectivity index (χ4n) is 1.34. The van der Waals surface area contributed by atoms with Gasteiger partial charge in [-0.15, -0.1) is 0 Å². The summed E-state index contributed by atoms with van der Waals surface area (Å²) in [7, 11) is 1.91. The van der Waals surface area contributed by atoms with E-state index < -0.39 is 0 Å². The number of hydrogen-bond donors (Lipinski definition) is 1. The van der Waals surface area contributed by atoms with Crippen molar-refractivity contribution in [3.05, 3.63) is 28.8 Å². The summed E-state index contributed by atoms with van der Waals surface area (Å²) in [4.78, 5) is 4.32. The average Bonchev–Trinajstić information content (AvgIpc) is 2.42. The monoisotopic (exact) mass is 239 g/mol. The second-order valence-electron chi connectivity index (χ2n) is 2.87. The SMILES string of the molecule is CNc1ccc2c(Br)nc(C)n2c1. The van der Waals surface area contributed by atoms with E-state index in [1.54, 1.807) is 0 Å². The van der Waals surface area contributed by atoms with E-state index in [-0.39, 0.29) is 0 Å². The molecule has 0 unspecified atom stereocenters. The maximum absolute atomic E-state index is 4.32. The van der Waals surface area contributed by atoms with Crippen LogP contribution in [0.25, 0.3) is 5.52 Å². The van der Waals surface area contributed by atoms with Crippen molar-refractivity contribution in [2.45, 2.75) is 6.92 Å². The summed E-state index contributed by atoms with van der Waals surface area (Å²) in [5, 5.41) is 3.09. The summed E-state index contributed by atoms with van der Waals surface area (Å²) in [6, 6.07) is 4.07. The Hall–Kier alpha value is -1.03. The first-order valence-corrected chi connectivity index (χ1v) is 4.83. The molecule has 0 fully saturated rings. The lowest BCUT2D eigenvalue weighted by Crippen LogP contribution is -1.92. The molecule has 0 aliphatic carbocycles. The number of aryl methyl sites for hydroxylation is 1. The highest BCUT2D eigenvalue weighted by Crippen LogP contribution is 2.20. The summed E-state index contributed by atoms with van der Waals surface area (Å²) in [6.45, 7) is 1.98. The Morgan fingerprint density at radius 3 is 2.92 bits per heavy atom. The van der Waals surface area contributed by atoms with Gasteiger partial charge in [0.15, 0.2) is 0 Å². The van der Waals surface area contributed by atoms with Gasteiger partial charge in [-0.3, -0.25) is 0 Å². The highest BCUT2D eigenvalue weighted by Gasteiger charge is 2.04. The van der Waals surface area contributed by atoms with E-state index in [9.17, 15) is 0 Å². The summed E-state index contributed by atoms with van der Waals surface area (Å²) < 4.78 is 2.95. The lowest BCUT2D eigenvalue weighted by atomic mass is 10.4. The van der Waals surface area contributed by atoms with Crippen LogP contribution in [0.4, 0.5) is 5.69 Å². The van der Waals surface area contributed by atoms with Gasteiger partial charge in [-0.25, -0.2) is 4.98 Å². The molecule has 0 saturated carbocycles. The van der Waals surface area contributed by atoms with Crippen molar-refractivity contribution in [1.82, 2.24) is 9.38 Å². The molecule has 0 spiro atoms. The molecule has 0 aliphatic rings. The van der Waals surface area contributed by atoms with Crippen molar-refractivity contribution in [3.8, 4) is 0 Å². The van der Waals surface area contributed by atoms with Crippen molar-refractivity contribution in [3.63, 3.8) is 0 Å². The second-order valence-corrected chi connectivity index (χ2v) is 3.62. The maximum Gasteiger partial charge on any atom is 0.132 e. The minimum atomic E-state index is 0.896. The molecule has 2 rings (SSSR count). The Kier molecular flexibility index (Phi) is 2.00. The van der Waals surface area contributed by atoms with E-state index >= 15 is 0 Å². The van der Waals surface area contributed by atoms with Crippen molar-refractivity contribution in [2.24, 2.45) is 0 Å². The molecule has 3 nitrogen and oxygen atoms in total. The van der Waals surface area contributed by atoms with E-state index in [0.717, 1.165) is 21.6 Å². The van der Waals surface area contributed by atoms with Gasteiger partial charge < -0.3 is 9.72 Å². The third-order valence-corrected chi connectivity index (χ3v) is 2.64. The quantitative estimate of drug-likeness (QED) is 0.829. The van der Waals surface area contributed by atoms with Gasteiger partial charge in [-0.2, -0.15) is 0 Å². The number of halogens is 1. The molecule has 1 N–H and O–H groups in total. The highest BCUT2D eigenvalue weighted by atomic mass is 79.9. The number of aromatic nitrogens is 2. The minimum absolute atomic E-state index is 0.896. The molecular weight excluding hydrogens is 230 g/mol. The topological polar surface area (TPSA) is 29.3 Å². The van der Waals surface area contributed by atoms with Gasteiger partial charge in [0.2, 0.25) is 0 Å². The van der Waals surface area contributed by atoms with Gasteiger partial charge in [0.05, 0.1) is 11.2 Å². The predicted molar refractivity (Wildman–Crippen MR) is 57.2 cm³/mol. The molecule has 0 bridgehead atoms. The number of nitrogens with zero attached hydrogens (tertiary/aromatic N) is 2. The smallest absolute Gasteiger partial charge is 0.132 e. The molecular formula is C9H10BrN3. The molecule has 2 heterocycles. The van der Waals surface area contributed by atoms with Gasteiger partial charge in [-0.05, 0) is 35.0 Å². The zero-order valence-electron chi connectivity index (χ0n) is 7.50. The van der Waals surface area contributed by atoms with Crippen molar-refractivity contribution in [1.29, 1.82) is 0 Å². The number of rotatable bonds is 1. The average molecular weight is 240 g/mol. The Labute approximate surface area is 84.9 Å². The van der Waals surface area contributed by atoms with Crippen LogP contribution in [0.15, 0.2) is 22.9 Å². The van der Waals surface area contributed by atoms with Gasteiger partial charge in [-0.1, -0.05) is 0 Å². The Bertz CT molecular complexity index is 447. The Morgan fingerprint density at radius 1 is 1.46 bits per heavy atom. The van der Waals surface area contributed by atoms with E-state index in [1.807, 2.05) is 32.3 Å². The molecule has 2 aromatic rings. The van der Waals surface area contributed by atoms with Crippen LogP contribution in [0.2, 0.25) is 0 Å². The zero-order valence-corrected chi connectivity index (χ0v) is 9.09. The summed E-state index contributed by atoms with van der Waals surface area (Å²) in [5.74, 6) is 0.985. The first kappa shape index (κ1) is 8.56. The second kappa shape index (κ2) is 3.03. The lowest BCUT2D eigenvalue weighted by Gasteiger charge is -2.01. The lowest BCUT2D eigenvalue weighted by molar-refractivity contribution is 1.04. The van der Waals surface area contributed by atoms with Crippen molar-refractivity contribution in [2.75, 3.05) is 12.4 Å². The number of nitrogens with one attached hydrogen (secondary N) is 1. The van der Waals surface area contributed by atoms with E-state index in [4.69, 9.17) is 0 Å². The number of pyridine rings is 1. The molecule has 0 radical (unpaired) electrons. The fraction of sp³-hybridized carbons (Fsp3) is 0.222. The molecule has 0 saturated heterocycles. The van der Waals surface area contributed by atoms with E-state index in [1.165, 1.54) is 0 Å². The first-order valence-electron chi connectivity index (χ1n) is 4.04. The molecule has 0 atom stereocenters. The van der Waals surface area contributed by atoms with Gasteiger partial charge >= 0.3 is 0 Å². The van der Waals surface area contributed by atoms with Crippen LogP contribution >= 0.6 is 15.9 Å². The van der Waals surface area contributed by atoms with Crippen LogP contribution in [-0.2, 0) is 0 Å². The minimum Gasteiger partial charge on any atom is -0.387 e. The number of anilines is 1. The number of imidazole rings is 1. The van der Waals surface area contributed by atoms with Crippen LogP contribution in [0.1, 0.15) is 5.82 Å². The third-order valence-electron chi connectivity index (χ3n) is 2.06. The van der Waals surface area contributed by atoms with Crippen LogP contribution in [0.3, 0.4) is 0 Å². The van der Waals surface area contributed by atoms with Crippen LogP contribution in [0, 0.1) is 6.92 Å². The number of fused-ring (bicyclic) bond motifs is 1. The van der Waals surface area contributed by atoms with Crippen LogP contribution < -0.4 is 5.32 Å². The molecule has 4 heteroatoms. The molecule has 68 valence electrons. The molecule has 2 aromatic heterocycles. The van der Waals surface area contributed by atoms with Crippen LogP contribution in [-0.4, -0.2) is 16.4 Å². The number of hydrogen-bond acceptors (Lipinski definition) is 2. The first-order chi connectivity index (χ1) is 6.22. The molecule has 0 aromatic carbocycles. The van der Waals surface area contributed by atoms with Gasteiger partial charge in [0.1, 0.15) is 10.4 Å². The van der Waals surface area contributed by atoms with Crippen molar-refractivity contribution >= 4 is 27.1 Å². The summed E-state index contributed by atoms with van der Waals surface area (Å²) in [5.41, 5.74) is 2.18. The summed E-state index contributed by atoms with van der Waals surface area (Å²) in [6.07, 6.45) is 2.03. The van der Waals surface area contributed by atoms with Gasteiger partial charge in [0.25, 0.3) is 0 Å². The largest absolute Gasteiger partial charge is 0.387 e.